The summed E-state index contributed by atoms with van der Waals surface area (Å²) in [5.74, 6) is -23.9. The summed E-state index contributed by atoms with van der Waals surface area (Å²) in [6.45, 7) is 1.99. The Morgan fingerprint density at radius 2 is 0.865 bits per heavy atom. The molecule has 700 valence electrons. The molecular formula is C88H85F12N19O11S3. The van der Waals surface area contributed by atoms with E-state index in [0.29, 0.717) is 85.9 Å². The molecule has 3 saturated heterocycles. The molecule has 4 aliphatic heterocycles. The molecule has 6 aliphatic rings. The Hall–Kier alpha value is -12.5. The van der Waals surface area contributed by atoms with Crippen LogP contribution >= 0.6 is 0 Å². The van der Waals surface area contributed by atoms with Crippen LogP contribution in [0.1, 0.15) is 153 Å². The molecule has 3 atom stereocenters. The fourth-order valence-corrected chi connectivity index (χ4v) is 22.7. The van der Waals surface area contributed by atoms with Gasteiger partial charge in [-0.05, 0) is 162 Å². The number of H-pyrrole nitrogens is 1. The molecule has 0 radical (unpaired) electrons. The number of carbonyl (C=O) groups excluding carboxylic acids is 3. The maximum absolute atomic E-state index is 14.8. The van der Waals surface area contributed by atoms with Crippen LogP contribution in [0.2, 0.25) is 0 Å². The highest BCUT2D eigenvalue weighted by Gasteiger charge is 2.52. The molecule has 0 spiro atoms. The van der Waals surface area contributed by atoms with Gasteiger partial charge in [0.05, 0.1) is 66.2 Å². The average Bonchev–Trinajstić information content (AvgIpc) is 0.775. The summed E-state index contributed by atoms with van der Waals surface area (Å²) < 4.78 is 263. The lowest BCUT2D eigenvalue weighted by Gasteiger charge is -2.41. The number of pyridine rings is 1. The summed E-state index contributed by atoms with van der Waals surface area (Å²) in [5.41, 5.74) is 0.524. The lowest BCUT2D eigenvalue weighted by molar-refractivity contribution is -0.125. The fraction of sp³-hybridized carbons (Fsp3) is 0.375. The molecule has 133 heavy (non-hydrogen) atoms. The Balaban J connectivity index is 0.000000145. The number of halogens is 12. The fourth-order valence-electron chi connectivity index (χ4n) is 17.5. The van der Waals surface area contributed by atoms with Crippen molar-refractivity contribution < 1.29 is 92.3 Å². The smallest absolute Gasteiger partial charge is 0.274 e. The second-order valence-corrected chi connectivity index (χ2v) is 38.9. The average molecular weight is 1910 g/mol. The van der Waals surface area contributed by atoms with Crippen molar-refractivity contribution in [1.82, 2.24) is 77.2 Å². The number of sulfonamides is 3. The molecule has 6 aromatic heterocycles. The van der Waals surface area contributed by atoms with Gasteiger partial charge in [-0.1, -0.05) is 44.6 Å². The molecule has 1 N–H and O–H groups in total. The number of rotatable bonds is 21. The van der Waals surface area contributed by atoms with Gasteiger partial charge in [0.15, 0.2) is 84.5 Å². The minimum Gasteiger partial charge on any atom is -0.335 e. The maximum Gasteiger partial charge on any atom is 0.274 e. The monoisotopic (exact) mass is 1910 g/mol. The van der Waals surface area contributed by atoms with Gasteiger partial charge in [-0.3, -0.25) is 29.0 Å². The van der Waals surface area contributed by atoms with Crippen LogP contribution in [-0.4, -0.2) is 158 Å². The standard InChI is InChI=1S/C30H29F4N7O3S.C30H30F4N6O4S.C28H26F4N6O4S/c1-17-24(31)26(33)28(27(34)25(17)32)45(43,44)41-14-13-23(41)30(42)40(22-11-8-19(9-12-22)29-36-38-39-37-29)16-21-10-7-20(15-35-21)18-5-3-2-4-6-18;1-17-24(31)26(33)28(27(34)25(17)32)45(43,44)40-11-10-23(40)30(42)39(15-19-14-38(16-35-19)20-6-4-3-5-7-20)21-8-9-22-18(12-21)13-36-37(2)29(22)41;1-15-22(29)24(31)26(25(32)23(15)30)43(41,42)38-10-8-20(38)28(40)37(14-17-13-36-9-4-3-5-21(36)34-17)18-6-7-19-16(11-18)12-33-35(2)27(19)39/h7-12,15,18,23H,2-6,13-14,16H2,1H3,(H,36,37,38,39);8-9,12-14,16,20,23H,3-7,10-11,15H2,1-2H3;6-7,11-13,20H,3-5,8-10,14H2,1-2H3/t2*23-;20-/m111/s1. The number of tetrazole rings is 1. The molecule has 0 bridgehead atoms. The van der Waals surface area contributed by atoms with E-state index in [1.54, 1.807) is 48.9 Å². The number of aryl methyl sites for hydroxylation is 4. The van der Waals surface area contributed by atoms with Crippen LogP contribution in [-0.2, 0) is 91.1 Å². The van der Waals surface area contributed by atoms with Crippen LogP contribution < -0.4 is 25.8 Å². The number of nitrogens with one attached hydrogen (secondary N) is 1. The quantitative estimate of drug-likeness (QED) is 0.0516. The van der Waals surface area contributed by atoms with Crippen LogP contribution in [0.4, 0.5) is 69.7 Å². The highest BCUT2D eigenvalue weighted by atomic mass is 32.2. The third-order valence-electron chi connectivity index (χ3n) is 25.4. The molecule has 30 nitrogen and oxygen atoms in total. The molecule has 45 heteroatoms. The molecular weight excluding hydrogens is 1820 g/mol. The molecule has 6 aromatic carbocycles. The first-order valence-electron chi connectivity index (χ1n) is 42.6. The number of benzene rings is 6. The molecule has 0 unspecified atom stereocenters. The predicted molar refractivity (Wildman–Crippen MR) is 457 cm³/mol. The highest BCUT2D eigenvalue weighted by Crippen LogP contribution is 2.42. The molecule has 3 amide bonds. The minimum absolute atomic E-state index is 0.00992. The number of anilines is 3. The number of nitrogens with zero attached hydrogens (tertiary/aromatic N) is 18. The van der Waals surface area contributed by atoms with Crippen LogP contribution in [0, 0.1) is 90.6 Å². The number of aromatic amines is 1. The van der Waals surface area contributed by atoms with Crippen LogP contribution in [0.3, 0.4) is 0 Å². The second-order valence-electron chi connectivity index (χ2n) is 33.5. The van der Waals surface area contributed by atoms with E-state index in [2.05, 4.69) is 45.8 Å². The zero-order valence-corrected chi connectivity index (χ0v) is 74.3. The Bertz CT molecular complexity index is 7000. The van der Waals surface area contributed by atoms with E-state index in [-0.39, 0.29) is 75.7 Å². The van der Waals surface area contributed by atoms with E-state index in [4.69, 9.17) is 0 Å². The maximum atomic E-state index is 14.8. The Morgan fingerprint density at radius 3 is 1.27 bits per heavy atom. The largest absolute Gasteiger partial charge is 0.335 e. The van der Waals surface area contributed by atoms with Crippen molar-refractivity contribution >= 4 is 86.4 Å². The normalized spacial score (nSPS) is 17.6. The van der Waals surface area contributed by atoms with Gasteiger partial charge in [-0.2, -0.15) is 28.3 Å². The lowest BCUT2D eigenvalue weighted by atomic mass is 9.85. The van der Waals surface area contributed by atoms with Gasteiger partial charge in [0.1, 0.15) is 23.9 Å². The van der Waals surface area contributed by atoms with Gasteiger partial charge in [-0.25, -0.2) is 97.3 Å². The summed E-state index contributed by atoms with van der Waals surface area (Å²) in [4.78, 5) is 79.6. The third kappa shape index (κ3) is 17.7. The van der Waals surface area contributed by atoms with Crippen molar-refractivity contribution in [2.45, 2.75) is 194 Å². The number of imidazole rings is 2. The van der Waals surface area contributed by atoms with Crippen molar-refractivity contribution in [2.24, 2.45) is 14.1 Å². The van der Waals surface area contributed by atoms with Crippen LogP contribution in [0.15, 0.2) is 134 Å². The number of hydrogen-bond donors (Lipinski definition) is 1. The third-order valence-corrected chi connectivity index (χ3v) is 31.1. The zero-order valence-electron chi connectivity index (χ0n) is 71.8. The minimum atomic E-state index is -5.18. The van der Waals surface area contributed by atoms with E-state index < -0.39 is 167 Å². The number of fused-ring (bicyclic) bond motifs is 3. The second kappa shape index (κ2) is 37.5. The zero-order chi connectivity index (χ0) is 94.9. The van der Waals surface area contributed by atoms with Crippen molar-refractivity contribution in [3.8, 4) is 11.4 Å². The van der Waals surface area contributed by atoms with Crippen molar-refractivity contribution in [3.05, 3.63) is 246 Å². The molecule has 12 aromatic rings. The molecule has 2 saturated carbocycles. The number of carbonyl (C=O) groups is 3. The van der Waals surface area contributed by atoms with Crippen molar-refractivity contribution in [2.75, 3.05) is 34.3 Å². The predicted octanol–water partition coefficient (Wildman–Crippen LogP) is 13.0. The van der Waals surface area contributed by atoms with E-state index in [9.17, 15) is 102 Å². The van der Waals surface area contributed by atoms with E-state index in [0.717, 1.165) is 125 Å². The summed E-state index contributed by atoms with van der Waals surface area (Å²) in [5, 5.41) is 23.3. The topological polar surface area (TPSA) is 346 Å². The summed E-state index contributed by atoms with van der Waals surface area (Å²) >= 11 is 0. The van der Waals surface area contributed by atoms with E-state index in [1.807, 2.05) is 33.7 Å². The summed E-state index contributed by atoms with van der Waals surface area (Å²) in [7, 11) is -12.5. The SMILES string of the molecule is Cc1c(F)c(F)c(S(=O)(=O)N2CC[C@@H]2C(=O)N(Cc2ccc(C3CCCCC3)cn2)c2ccc(-c3nn[nH]n3)cc2)c(F)c1F.Cc1c(F)c(F)c(S(=O)(=O)N2CC[C@@H]2C(=O)N(Cc2cn(C3CCCCC3)cn2)c2ccc3c(=O)n(C)ncc3c2)c(F)c1F.Cc1c(F)c(F)c(S(=O)(=O)N2CC[C@@H]2C(=O)N(Cc2cn3c(n2)CCCC3)c2ccc3c(=O)n(C)ncc3c2)c(F)c1F. The Labute approximate surface area is 752 Å². The molecule has 18 rings (SSSR count). The van der Waals surface area contributed by atoms with Crippen molar-refractivity contribution in [1.29, 1.82) is 0 Å². The Kier molecular flexibility index (Phi) is 26.5. The molecule has 2 aliphatic carbocycles. The highest BCUT2D eigenvalue weighted by molar-refractivity contribution is 7.89. The van der Waals surface area contributed by atoms with Crippen molar-refractivity contribution in [3.63, 3.8) is 0 Å². The molecule has 10 heterocycles. The number of aromatic nitrogens is 13. The number of hydrogen-bond acceptors (Lipinski definition) is 19. The van der Waals surface area contributed by atoms with Crippen LogP contribution in [0.25, 0.3) is 32.9 Å². The first-order valence-corrected chi connectivity index (χ1v) is 46.9. The first-order chi connectivity index (χ1) is 63.4. The summed E-state index contributed by atoms with van der Waals surface area (Å²) in [6.07, 6.45) is 23.7. The van der Waals surface area contributed by atoms with Gasteiger partial charge in [0, 0.05) is 121 Å². The van der Waals surface area contributed by atoms with Crippen LogP contribution in [0.5, 0.6) is 0 Å². The van der Waals surface area contributed by atoms with Gasteiger partial charge >= 0.3 is 0 Å². The first kappa shape index (κ1) is 93.8. The van der Waals surface area contributed by atoms with Gasteiger partial charge < -0.3 is 23.8 Å². The van der Waals surface area contributed by atoms with Gasteiger partial charge in [0.2, 0.25) is 53.6 Å². The Morgan fingerprint density at radius 1 is 0.444 bits per heavy atom. The van der Waals surface area contributed by atoms with Gasteiger partial charge in [0.25, 0.3) is 11.1 Å². The van der Waals surface area contributed by atoms with E-state index >= 15 is 0 Å². The van der Waals surface area contributed by atoms with Gasteiger partial charge in [-0.15, -0.1) is 10.2 Å². The number of amides is 3. The molecule has 5 fully saturated rings. The van der Waals surface area contributed by atoms with E-state index in [1.165, 1.54) is 71.9 Å². The summed E-state index contributed by atoms with van der Waals surface area (Å²) in [6, 6.07) is 15.5. The lowest BCUT2D eigenvalue weighted by Crippen LogP contribution is -2.59.